The lowest BCUT2D eigenvalue weighted by atomic mass is 10.1. The van der Waals surface area contributed by atoms with E-state index in [0.29, 0.717) is 21.2 Å². The molecule has 0 saturated carbocycles. The molecular weight excluding hydrogens is 340 g/mol. The highest BCUT2D eigenvalue weighted by Crippen LogP contribution is 2.34. The smallest absolute Gasteiger partial charge is 0.198 e. The molecule has 0 radical (unpaired) electrons. The van der Waals surface area contributed by atoms with Crippen LogP contribution in [0.1, 0.15) is 5.56 Å². The van der Waals surface area contributed by atoms with Crippen molar-refractivity contribution >= 4 is 27.5 Å². The lowest BCUT2D eigenvalue weighted by Crippen LogP contribution is -1.95. The Hall–Kier alpha value is -1.65. The van der Waals surface area contributed by atoms with Gasteiger partial charge in [-0.05, 0) is 34.5 Å². The number of aryl methyl sites for hydroxylation is 1. The SMILES string of the molecule is Cc1ccoc1-c1nc(Cl)c(Br)c(-c2ccccc2)n1. The van der Waals surface area contributed by atoms with Gasteiger partial charge in [0.2, 0.25) is 0 Å². The summed E-state index contributed by atoms with van der Waals surface area (Å²) in [7, 11) is 0. The Morgan fingerprint density at radius 2 is 1.85 bits per heavy atom. The number of furan rings is 1. The fourth-order valence-corrected chi connectivity index (χ4v) is 2.49. The van der Waals surface area contributed by atoms with Crippen LogP contribution in [0.2, 0.25) is 5.15 Å². The van der Waals surface area contributed by atoms with Crippen molar-refractivity contribution in [3.8, 4) is 22.8 Å². The number of aromatic nitrogens is 2. The lowest BCUT2D eigenvalue weighted by Gasteiger charge is -2.07. The average molecular weight is 350 g/mol. The van der Waals surface area contributed by atoms with Crippen molar-refractivity contribution in [3.63, 3.8) is 0 Å². The summed E-state index contributed by atoms with van der Waals surface area (Å²) in [6.45, 7) is 1.94. The fraction of sp³-hybridized carbons (Fsp3) is 0.0667. The molecule has 0 N–H and O–H groups in total. The largest absolute Gasteiger partial charge is 0.461 e. The van der Waals surface area contributed by atoms with Gasteiger partial charge in [-0.3, -0.25) is 0 Å². The summed E-state index contributed by atoms with van der Waals surface area (Å²) in [5.41, 5.74) is 2.69. The number of rotatable bonds is 2. The second kappa shape index (κ2) is 5.38. The predicted molar refractivity (Wildman–Crippen MR) is 82.6 cm³/mol. The summed E-state index contributed by atoms with van der Waals surface area (Å²) >= 11 is 9.64. The van der Waals surface area contributed by atoms with Gasteiger partial charge < -0.3 is 4.42 Å². The Morgan fingerprint density at radius 3 is 2.50 bits per heavy atom. The molecule has 0 bridgehead atoms. The molecule has 0 fully saturated rings. The molecule has 100 valence electrons. The van der Waals surface area contributed by atoms with E-state index in [2.05, 4.69) is 25.9 Å². The summed E-state index contributed by atoms with van der Waals surface area (Å²) in [6.07, 6.45) is 1.62. The molecule has 0 aliphatic carbocycles. The molecule has 3 rings (SSSR count). The first-order chi connectivity index (χ1) is 9.66. The molecule has 2 heterocycles. The Morgan fingerprint density at radius 1 is 1.10 bits per heavy atom. The van der Waals surface area contributed by atoms with E-state index in [4.69, 9.17) is 16.0 Å². The van der Waals surface area contributed by atoms with Gasteiger partial charge in [0.1, 0.15) is 5.15 Å². The standard InChI is InChI=1S/C15H10BrClN2O/c1-9-7-8-20-13(9)15-18-12(11(16)14(17)19-15)10-5-3-2-4-6-10/h2-8H,1H3. The van der Waals surface area contributed by atoms with E-state index in [1.54, 1.807) is 6.26 Å². The lowest BCUT2D eigenvalue weighted by molar-refractivity contribution is 0.575. The first kappa shape index (κ1) is 13.3. The zero-order valence-corrected chi connectivity index (χ0v) is 12.9. The van der Waals surface area contributed by atoms with Crippen molar-refractivity contribution < 1.29 is 4.42 Å². The monoisotopic (exact) mass is 348 g/mol. The molecule has 20 heavy (non-hydrogen) atoms. The van der Waals surface area contributed by atoms with Gasteiger partial charge in [-0.25, -0.2) is 9.97 Å². The highest BCUT2D eigenvalue weighted by Gasteiger charge is 2.16. The maximum atomic E-state index is 6.20. The van der Waals surface area contributed by atoms with Crippen molar-refractivity contribution in [2.24, 2.45) is 0 Å². The second-order valence-electron chi connectivity index (χ2n) is 4.30. The van der Waals surface area contributed by atoms with E-state index >= 15 is 0 Å². The van der Waals surface area contributed by atoms with Crippen LogP contribution in [-0.2, 0) is 0 Å². The number of hydrogen-bond acceptors (Lipinski definition) is 3. The second-order valence-corrected chi connectivity index (χ2v) is 5.45. The zero-order chi connectivity index (χ0) is 14.1. The van der Waals surface area contributed by atoms with Crippen LogP contribution in [0.5, 0.6) is 0 Å². The third-order valence-electron chi connectivity index (χ3n) is 2.92. The molecule has 1 aromatic carbocycles. The van der Waals surface area contributed by atoms with Gasteiger partial charge >= 0.3 is 0 Å². The minimum absolute atomic E-state index is 0.365. The highest BCUT2D eigenvalue weighted by atomic mass is 79.9. The van der Waals surface area contributed by atoms with Crippen LogP contribution in [0, 0.1) is 6.92 Å². The Kier molecular flexibility index (Phi) is 3.59. The Balaban J connectivity index is 2.21. The van der Waals surface area contributed by atoms with Crippen molar-refractivity contribution in [2.75, 3.05) is 0 Å². The fourth-order valence-electron chi connectivity index (χ4n) is 1.91. The first-order valence-corrected chi connectivity index (χ1v) is 7.17. The molecule has 2 aromatic heterocycles. The third kappa shape index (κ3) is 2.37. The van der Waals surface area contributed by atoms with Crippen LogP contribution in [0.3, 0.4) is 0 Å². The summed E-state index contributed by atoms with van der Waals surface area (Å²) < 4.78 is 6.12. The molecule has 0 saturated heterocycles. The van der Waals surface area contributed by atoms with Crippen LogP contribution in [-0.4, -0.2) is 9.97 Å². The molecule has 3 nitrogen and oxygen atoms in total. The summed E-state index contributed by atoms with van der Waals surface area (Å²) in [6, 6.07) is 11.7. The van der Waals surface area contributed by atoms with Crippen LogP contribution in [0.25, 0.3) is 22.8 Å². The van der Waals surface area contributed by atoms with Gasteiger partial charge in [-0.15, -0.1) is 0 Å². The van der Waals surface area contributed by atoms with Gasteiger partial charge in [0.05, 0.1) is 16.4 Å². The predicted octanol–water partition coefficient (Wildman–Crippen LogP) is 5.13. The van der Waals surface area contributed by atoms with Crippen molar-refractivity contribution in [3.05, 3.63) is 57.9 Å². The van der Waals surface area contributed by atoms with E-state index in [0.717, 1.165) is 16.8 Å². The van der Waals surface area contributed by atoms with Gasteiger partial charge in [0.25, 0.3) is 0 Å². The first-order valence-electron chi connectivity index (χ1n) is 5.99. The number of hydrogen-bond donors (Lipinski definition) is 0. The zero-order valence-electron chi connectivity index (χ0n) is 10.6. The van der Waals surface area contributed by atoms with Crippen molar-refractivity contribution in [1.82, 2.24) is 9.97 Å². The van der Waals surface area contributed by atoms with Gasteiger partial charge in [0, 0.05) is 5.56 Å². The number of halogens is 2. The molecule has 3 aromatic rings. The Labute approximate surface area is 129 Å². The molecule has 5 heteroatoms. The molecule has 0 aliphatic heterocycles. The average Bonchev–Trinajstić information content (AvgIpc) is 2.89. The molecular formula is C15H10BrClN2O. The molecule has 0 aliphatic rings. The third-order valence-corrected chi connectivity index (χ3v) is 4.18. The molecule has 0 atom stereocenters. The quantitative estimate of drug-likeness (QED) is 0.602. The topological polar surface area (TPSA) is 38.9 Å². The van der Waals surface area contributed by atoms with Gasteiger partial charge in [-0.2, -0.15) is 0 Å². The maximum absolute atomic E-state index is 6.20. The van der Waals surface area contributed by atoms with E-state index in [9.17, 15) is 0 Å². The highest BCUT2D eigenvalue weighted by molar-refractivity contribution is 9.10. The Bertz CT molecular complexity index is 756. The van der Waals surface area contributed by atoms with Crippen LogP contribution in [0.4, 0.5) is 0 Å². The maximum Gasteiger partial charge on any atom is 0.198 e. The van der Waals surface area contributed by atoms with Crippen molar-refractivity contribution in [2.45, 2.75) is 6.92 Å². The van der Waals surface area contributed by atoms with Crippen LogP contribution in [0.15, 0.2) is 51.6 Å². The molecule has 0 unspecified atom stereocenters. The minimum atomic E-state index is 0.365. The minimum Gasteiger partial charge on any atom is -0.461 e. The van der Waals surface area contributed by atoms with E-state index in [-0.39, 0.29) is 0 Å². The summed E-state index contributed by atoms with van der Waals surface area (Å²) in [5, 5.41) is 0.365. The van der Waals surface area contributed by atoms with Gasteiger partial charge in [0.15, 0.2) is 11.6 Å². The van der Waals surface area contributed by atoms with Crippen molar-refractivity contribution in [1.29, 1.82) is 0 Å². The molecule has 0 amide bonds. The van der Waals surface area contributed by atoms with Crippen LogP contribution < -0.4 is 0 Å². The van der Waals surface area contributed by atoms with Gasteiger partial charge in [-0.1, -0.05) is 41.9 Å². The van der Waals surface area contributed by atoms with Crippen LogP contribution >= 0.6 is 27.5 Å². The summed E-state index contributed by atoms with van der Waals surface area (Å²) in [5.74, 6) is 1.12. The van der Waals surface area contributed by atoms with E-state index in [1.165, 1.54) is 0 Å². The number of nitrogens with zero attached hydrogens (tertiary/aromatic N) is 2. The molecule has 0 spiro atoms. The number of benzene rings is 1. The van der Waals surface area contributed by atoms with E-state index in [1.807, 2.05) is 43.3 Å². The summed E-state index contributed by atoms with van der Waals surface area (Å²) in [4.78, 5) is 8.85. The van der Waals surface area contributed by atoms with E-state index < -0.39 is 0 Å². The normalized spacial score (nSPS) is 10.8.